The Bertz CT molecular complexity index is 869. The Morgan fingerprint density at radius 1 is 1.36 bits per heavy atom. The van der Waals surface area contributed by atoms with Crippen LogP contribution in [0.1, 0.15) is 16.0 Å². The van der Waals surface area contributed by atoms with Gasteiger partial charge in [-0.25, -0.2) is 9.98 Å². The molecule has 22 heavy (non-hydrogen) atoms. The minimum atomic E-state index is 0.795. The first kappa shape index (κ1) is 14.1. The third-order valence-electron chi connectivity index (χ3n) is 3.56. The van der Waals surface area contributed by atoms with Crippen LogP contribution in [0.25, 0.3) is 11.3 Å². The summed E-state index contributed by atoms with van der Waals surface area (Å²) in [5.41, 5.74) is 4.47. The van der Waals surface area contributed by atoms with E-state index < -0.39 is 0 Å². The fourth-order valence-electron chi connectivity index (χ4n) is 2.55. The van der Waals surface area contributed by atoms with E-state index in [1.165, 1.54) is 10.4 Å². The first-order valence-corrected chi connectivity index (χ1v) is 9.23. The van der Waals surface area contributed by atoms with Gasteiger partial charge < -0.3 is 4.74 Å². The fourth-order valence-corrected chi connectivity index (χ4v) is 4.56. The molecule has 0 N–H and O–H groups in total. The van der Waals surface area contributed by atoms with Crippen molar-refractivity contribution >= 4 is 49.9 Å². The van der Waals surface area contributed by atoms with Crippen molar-refractivity contribution < 1.29 is 4.74 Å². The second-order valence-corrected chi connectivity index (χ2v) is 7.56. The Kier molecular flexibility index (Phi) is 3.60. The lowest BCUT2D eigenvalue weighted by molar-refractivity contribution is 0.416. The summed E-state index contributed by atoms with van der Waals surface area (Å²) in [6, 6.07) is 6.06. The lowest BCUT2D eigenvalue weighted by atomic mass is 10.1. The second kappa shape index (κ2) is 5.61. The smallest absolute Gasteiger partial charge is 0.209 e. The Morgan fingerprint density at radius 3 is 3.05 bits per heavy atom. The predicted octanol–water partition coefficient (Wildman–Crippen LogP) is 5.30. The summed E-state index contributed by atoms with van der Waals surface area (Å²) in [7, 11) is 1.70. The maximum Gasteiger partial charge on any atom is 0.209 e. The highest BCUT2D eigenvalue weighted by Gasteiger charge is 2.28. The molecule has 6 heteroatoms. The van der Waals surface area contributed by atoms with Crippen LogP contribution in [-0.4, -0.2) is 18.3 Å². The SMILES string of the molecule is COc1ccc(Br)c2c1-c1nc(N=Cc3ccsc3)sc1C2. The van der Waals surface area contributed by atoms with E-state index in [4.69, 9.17) is 9.72 Å². The maximum absolute atomic E-state index is 5.50. The summed E-state index contributed by atoms with van der Waals surface area (Å²) in [4.78, 5) is 10.5. The summed E-state index contributed by atoms with van der Waals surface area (Å²) in [5, 5.41) is 4.91. The maximum atomic E-state index is 5.50. The van der Waals surface area contributed by atoms with E-state index in [9.17, 15) is 0 Å². The predicted molar refractivity (Wildman–Crippen MR) is 96.2 cm³/mol. The molecule has 0 radical (unpaired) electrons. The number of aromatic nitrogens is 1. The van der Waals surface area contributed by atoms with Crippen LogP contribution in [-0.2, 0) is 6.42 Å². The molecule has 0 saturated heterocycles. The molecule has 0 unspecified atom stereocenters. The van der Waals surface area contributed by atoms with Crippen LogP contribution in [0.2, 0.25) is 0 Å². The Labute approximate surface area is 144 Å². The van der Waals surface area contributed by atoms with E-state index in [2.05, 4.69) is 26.3 Å². The number of ether oxygens (including phenoxy) is 1. The van der Waals surface area contributed by atoms with Crippen LogP contribution in [0.3, 0.4) is 0 Å². The number of halogens is 1. The van der Waals surface area contributed by atoms with Gasteiger partial charge in [-0.3, -0.25) is 0 Å². The third kappa shape index (κ3) is 2.31. The number of hydrogen-bond acceptors (Lipinski definition) is 5. The number of nitrogens with zero attached hydrogens (tertiary/aromatic N) is 2. The van der Waals surface area contributed by atoms with Gasteiger partial charge in [-0.05, 0) is 34.5 Å². The van der Waals surface area contributed by atoms with E-state index in [1.807, 2.05) is 29.8 Å². The third-order valence-corrected chi connectivity index (χ3v) is 5.97. The van der Waals surface area contributed by atoms with E-state index in [1.54, 1.807) is 29.8 Å². The van der Waals surface area contributed by atoms with Crippen molar-refractivity contribution in [2.45, 2.75) is 6.42 Å². The van der Waals surface area contributed by atoms with Crippen molar-refractivity contribution in [1.82, 2.24) is 4.98 Å². The summed E-state index contributed by atoms with van der Waals surface area (Å²) < 4.78 is 6.61. The van der Waals surface area contributed by atoms with Gasteiger partial charge in [0.05, 0.1) is 12.8 Å². The van der Waals surface area contributed by atoms with Crippen molar-refractivity contribution in [3.63, 3.8) is 0 Å². The lowest BCUT2D eigenvalue weighted by Crippen LogP contribution is -1.90. The number of methoxy groups -OCH3 is 1. The van der Waals surface area contributed by atoms with Gasteiger partial charge in [0.2, 0.25) is 5.13 Å². The Morgan fingerprint density at radius 2 is 2.27 bits per heavy atom. The number of fused-ring (bicyclic) bond motifs is 3. The molecule has 2 aromatic heterocycles. The van der Waals surface area contributed by atoms with Crippen LogP contribution < -0.4 is 4.74 Å². The van der Waals surface area contributed by atoms with Crippen molar-refractivity contribution in [2.75, 3.05) is 7.11 Å². The van der Waals surface area contributed by atoms with Gasteiger partial charge in [-0.2, -0.15) is 11.3 Å². The van der Waals surface area contributed by atoms with Gasteiger partial charge in [0, 0.05) is 33.1 Å². The molecule has 0 atom stereocenters. The lowest BCUT2D eigenvalue weighted by Gasteiger charge is -2.08. The second-order valence-electron chi connectivity index (χ2n) is 4.86. The number of benzene rings is 1. The van der Waals surface area contributed by atoms with Crippen LogP contribution in [0, 0.1) is 0 Å². The molecule has 2 heterocycles. The zero-order valence-electron chi connectivity index (χ0n) is 11.7. The van der Waals surface area contributed by atoms with Gasteiger partial charge >= 0.3 is 0 Å². The Balaban J connectivity index is 1.75. The summed E-state index contributed by atoms with van der Waals surface area (Å²) >= 11 is 6.93. The first-order valence-electron chi connectivity index (χ1n) is 6.68. The van der Waals surface area contributed by atoms with Gasteiger partial charge in [-0.1, -0.05) is 27.3 Å². The molecule has 1 aromatic carbocycles. The molecule has 1 aliphatic carbocycles. The molecule has 0 bridgehead atoms. The van der Waals surface area contributed by atoms with Crippen molar-refractivity contribution in [2.24, 2.45) is 4.99 Å². The number of thiophene rings is 1. The van der Waals surface area contributed by atoms with Crippen LogP contribution in [0.15, 0.2) is 38.4 Å². The van der Waals surface area contributed by atoms with Crippen molar-refractivity contribution in [3.05, 3.63) is 49.4 Å². The quantitative estimate of drug-likeness (QED) is 0.445. The van der Waals surface area contributed by atoms with Crippen LogP contribution in [0.5, 0.6) is 5.75 Å². The molecule has 3 nitrogen and oxygen atoms in total. The molecule has 0 aliphatic heterocycles. The minimum Gasteiger partial charge on any atom is -0.496 e. The van der Waals surface area contributed by atoms with Crippen LogP contribution in [0.4, 0.5) is 5.13 Å². The van der Waals surface area contributed by atoms with Gasteiger partial charge in [0.15, 0.2) is 0 Å². The van der Waals surface area contributed by atoms with Crippen LogP contribution >= 0.6 is 38.6 Å². The summed E-state index contributed by atoms with van der Waals surface area (Å²) in [5.74, 6) is 0.871. The topological polar surface area (TPSA) is 34.5 Å². The standard InChI is InChI=1S/C16H11BrN2OS2/c1-20-12-3-2-11(17)10-6-13-15(14(10)12)19-16(22-13)18-7-9-4-5-21-8-9/h2-5,7-8H,6H2,1H3. The highest BCUT2D eigenvalue weighted by atomic mass is 79.9. The molecule has 4 rings (SSSR count). The van der Waals surface area contributed by atoms with E-state index >= 15 is 0 Å². The molecular formula is C16H11BrN2OS2. The average molecular weight is 391 g/mol. The molecule has 0 amide bonds. The molecule has 0 fully saturated rings. The summed E-state index contributed by atoms with van der Waals surface area (Å²) in [6.07, 6.45) is 2.75. The molecule has 110 valence electrons. The number of aliphatic imine (C=N–C) groups is 1. The minimum absolute atomic E-state index is 0.795. The van der Waals surface area contributed by atoms with Gasteiger partial charge in [0.25, 0.3) is 0 Å². The number of rotatable bonds is 3. The van der Waals surface area contributed by atoms with E-state index in [0.29, 0.717) is 0 Å². The molecule has 3 aromatic rings. The van der Waals surface area contributed by atoms with E-state index in [-0.39, 0.29) is 0 Å². The first-order chi connectivity index (χ1) is 10.8. The summed E-state index contributed by atoms with van der Waals surface area (Å²) in [6.45, 7) is 0. The largest absolute Gasteiger partial charge is 0.496 e. The number of hydrogen-bond donors (Lipinski definition) is 0. The molecule has 0 saturated carbocycles. The highest BCUT2D eigenvalue weighted by molar-refractivity contribution is 9.10. The van der Waals surface area contributed by atoms with E-state index in [0.717, 1.165) is 38.6 Å². The van der Waals surface area contributed by atoms with Gasteiger partial charge in [0.1, 0.15) is 5.75 Å². The normalized spacial score (nSPS) is 12.6. The molecule has 1 aliphatic rings. The van der Waals surface area contributed by atoms with Crippen molar-refractivity contribution in [1.29, 1.82) is 0 Å². The van der Waals surface area contributed by atoms with Gasteiger partial charge in [-0.15, -0.1) is 0 Å². The average Bonchev–Trinajstić information content (AvgIpc) is 3.21. The zero-order chi connectivity index (χ0) is 15.1. The number of thiazole rings is 1. The molecular weight excluding hydrogens is 380 g/mol. The van der Waals surface area contributed by atoms with Crippen molar-refractivity contribution in [3.8, 4) is 17.0 Å². The zero-order valence-corrected chi connectivity index (χ0v) is 14.9. The highest BCUT2D eigenvalue weighted by Crippen LogP contribution is 2.48. The Hall–Kier alpha value is -1.50. The fraction of sp³-hybridized carbons (Fsp3) is 0.125. The monoisotopic (exact) mass is 390 g/mol. The molecule has 0 spiro atoms.